The Labute approximate surface area is 142 Å². The third-order valence-corrected chi connectivity index (χ3v) is 4.59. The highest BCUT2D eigenvalue weighted by Gasteiger charge is 2.33. The fraction of sp³-hybridized carbons (Fsp3) is 0.556. The molecule has 6 heteroatoms. The van der Waals surface area contributed by atoms with E-state index >= 15 is 0 Å². The van der Waals surface area contributed by atoms with E-state index in [1.807, 2.05) is 25.1 Å². The number of carbonyl (C=O) groups excluding carboxylic acids is 2. The third kappa shape index (κ3) is 3.47. The number of carbonyl (C=O) groups is 2. The highest BCUT2D eigenvalue weighted by molar-refractivity contribution is 5.87. The summed E-state index contributed by atoms with van der Waals surface area (Å²) in [5.41, 5.74) is 0.958. The second-order valence-corrected chi connectivity index (χ2v) is 6.36. The summed E-state index contributed by atoms with van der Waals surface area (Å²) in [6.45, 7) is 5.39. The predicted octanol–water partition coefficient (Wildman–Crippen LogP) is 2.04. The van der Waals surface area contributed by atoms with E-state index in [4.69, 9.17) is 9.47 Å². The van der Waals surface area contributed by atoms with Crippen molar-refractivity contribution in [1.29, 1.82) is 0 Å². The molecule has 0 aromatic heterocycles. The van der Waals surface area contributed by atoms with Gasteiger partial charge in [0.2, 0.25) is 11.8 Å². The van der Waals surface area contributed by atoms with Crippen molar-refractivity contribution in [1.82, 2.24) is 10.2 Å². The van der Waals surface area contributed by atoms with Crippen molar-refractivity contribution in [3.63, 3.8) is 0 Å². The molecular weight excluding hydrogens is 308 g/mol. The number of rotatable bonds is 3. The van der Waals surface area contributed by atoms with Crippen LogP contribution < -0.4 is 14.8 Å². The van der Waals surface area contributed by atoms with Crippen LogP contribution in [0.25, 0.3) is 0 Å². The maximum atomic E-state index is 12.5. The first-order valence-corrected chi connectivity index (χ1v) is 8.53. The van der Waals surface area contributed by atoms with Crippen molar-refractivity contribution in [2.24, 2.45) is 0 Å². The molecule has 24 heavy (non-hydrogen) atoms. The van der Waals surface area contributed by atoms with Crippen LogP contribution in [0.3, 0.4) is 0 Å². The van der Waals surface area contributed by atoms with Crippen molar-refractivity contribution in [3.8, 4) is 11.5 Å². The Kier molecular flexibility index (Phi) is 4.92. The van der Waals surface area contributed by atoms with Crippen LogP contribution in [0.2, 0.25) is 0 Å². The van der Waals surface area contributed by atoms with Gasteiger partial charge < -0.3 is 19.7 Å². The van der Waals surface area contributed by atoms with Gasteiger partial charge in [-0.25, -0.2) is 0 Å². The molecule has 1 aromatic rings. The minimum Gasteiger partial charge on any atom is -0.490 e. The van der Waals surface area contributed by atoms with E-state index in [0.717, 1.165) is 36.3 Å². The first-order valence-electron chi connectivity index (χ1n) is 8.53. The second kappa shape index (κ2) is 7.11. The van der Waals surface area contributed by atoms with E-state index in [0.29, 0.717) is 19.8 Å². The maximum Gasteiger partial charge on any atom is 0.243 e. The molecule has 0 radical (unpaired) electrons. The van der Waals surface area contributed by atoms with E-state index in [1.165, 1.54) is 6.92 Å². The SMILES string of the molecule is CC(=O)N1CCCC1C(=O)NC(C)c1ccc2c(c1)OCCCO2. The molecule has 1 saturated heterocycles. The highest BCUT2D eigenvalue weighted by atomic mass is 16.5. The molecule has 2 atom stereocenters. The molecule has 130 valence electrons. The van der Waals surface area contributed by atoms with E-state index in [9.17, 15) is 9.59 Å². The fourth-order valence-corrected chi connectivity index (χ4v) is 3.26. The summed E-state index contributed by atoms with van der Waals surface area (Å²) in [4.78, 5) is 25.8. The summed E-state index contributed by atoms with van der Waals surface area (Å²) >= 11 is 0. The van der Waals surface area contributed by atoms with E-state index in [2.05, 4.69) is 5.32 Å². The summed E-state index contributed by atoms with van der Waals surface area (Å²) in [5.74, 6) is 1.32. The molecule has 1 N–H and O–H groups in total. The normalized spacial score (nSPS) is 21.1. The summed E-state index contributed by atoms with van der Waals surface area (Å²) in [6.07, 6.45) is 2.45. The Hall–Kier alpha value is -2.24. The number of fused-ring (bicyclic) bond motifs is 1. The average Bonchev–Trinajstić information content (AvgIpc) is 2.94. The van der Waals surface area contributed by atoms with Crippen molar-refractivity contribution in [2.75, 3.05) is 19.8 Å². The molecule has 2 aliphatic heterocycles. The third-order valence-electron chi connectivity index (χ3n) is 4.59. The van der Waals surface area contributed by atoms with Crippen LogP contribution in [0.1, 0.15) is 44.7 Å². The lowest BCUT2D eigenvalue weighted by Crippen LogP contribution is -2.45. The quantitative estimate of drug-likeness (QED) is 0.920. The molecule has 1 fully saturated rings. The van der Waals surface area contributed by atoms with Crippen LogP contribution in [0.15, 0.2) is 18.2 Å². The van der Waals surface area contributed by atoms with Gasteiger partial charge in [0.1, 0.15) is 6.04 Å². The second-order valence-electron chi connectivity index (χ2n) is 6.36. The largest absolute Gasteiger partial charge is 0.490 e. The van der Waals surface area contributed by atoms with Gasteiger partial charge in [0, 0.05) is 19.9 Å². The number of nitrogens with one attached hydrogen (secondary N) is 1. The van der Waals surface area contributed by atoms with Gasteiger partial charge in [-0.3, -0.25) is 9.59 Å². The summed E-state index contributed by atoms with van der Waals surface area (Å²) < 4.78 is 11.3. The molecule has 3 rings (SSSR count). The molecule has 6 nitrogen and oxygen atoms in total. The van der Waals surface area contributed by atoms with Gasteiger partial charge in [0.25, 0.3) is 0 Å². The Morgan fingerprint density at radius 3 is 2.71 bits per heavy atom. The molecule has 0 aliphatic carbocycles. The minimum atomic E-state index is -0.356. The molecule has 2 unspecified atom stereocenters. The molecule has 2 amide bonds. The Morgan fingerprint density at radius 1 is 1.21 bits per heavy atom. The number of ether oxygens (including phenoxy) is 2. The standard InChI is InChI=1S/C18H24N2O4/c1-12(19-18(22)15-5-3-8-20(15)13(2)21)14-6-7-16-17(11-14)24-10-4-9-23-16/h6-7,11-12,15H,3-5,8-10H2,1-2H3,(H,19,22). The summed E-state index contributed by atoms with van der Waals surface area (Å²) in [7, 11) is 0. The van der Waals surface area contributed by atoms with Gasteiger partial charge in [0.05, 0.1) is 19.3 Å². The molecule has 0 saturated carbocycles. The van der Waals surface area contributed by atoms with Gasteiger partial charge in [0.15, 0.2) is 11.5 Å². The zero-order valence-electron chi connectivity index (χ0n) is 14.2. The zero-order chi connectivity index (χ0) is 17.1. The van der Waals surface area contributed by atoms with E-state index < -0.39 is 0 Å². The van der Waals surface area contributed by atoms with Crippen molar-refractivity contribution >= 4 is 11.8 Å². The predicted molar refractivity (Wildman–Crippen MR) is 89.0 cm³/mol. The first-order chi connectivity index (χ1) is 11.6. The number of nitrogens with zero attached hydrogens (tertiary/aromatic N) is 1. The Morgan fingerprint density at radius 2 is 1.96 bits per heavy atom. The van der Waals surface area contributed by atoms with E-state index in [-0.39, 0.29) is 23.9 Å². The fourth-order valence-electron chi connectivity index (χ4n) is 3.26. The first kappa shape index (κ1) is 16.6. The number of hydrogen-bond acceptors (Lipinski definition) is 4. The number of amides is 2. The van der Waals surface area contributed by atoms with Crippen molar-refractivity contribution < 1.29 is 19.1 Å². The maximum absolute atomic E-state index is 12.5. The number of likely N-dealkylation sites (tertiary alicyclic amines) is 1. The smallest absolute Gasteiger partial charge is 0.243 e. The molecular formula is C18H24N2O4. The van der Waals surface area contributed by atoms with Crippen LogP contribution in [0, 0.1) is 0 Å². The topological polar surface area (TPSA) is 67.9 Å². The molecule has 2 heterocycles. The van der Waals surface area contributed by atoms with Crippen molar-refractivity contribution in [3.05, 3.63) is 23.8 Å². The number of hydrogen-bond donors (Lipinski definition) is 1. The molecule has 2 aliphatic rings. The van der Waals surface area contributed by atoms with Crippen LogP contribution in [0.5, 0.6) is 11.5 Å². The monoisotopic (exact) mass is 332 g/mol. The molecule has 0 bridgehead atoms. The van der Waals surface area contributed by atoms with Gasteiger partial charge in [-0.05, 0) is 37.5 Å². The Bertz CT molecular complexity index is 631. The van der Waals surface area contributed by atoms with Crippen LogP contribution in [0.4, 0.5) is 0 Å². The lowest BCUT2D eigenvalue weighted by molar-refractivity contribution is -0.137. The van der Waals surface area contributed by atoms with Crippen LogP contribution >= 0.6 is 0 Å². The average molecular weight is 332 g/mol. The van der Waals surface area contributed by atoms with Crippen LogP contribution in [-0.2, 0) is 9.59 Å². The molecule has 0 spiro atoms. The Balaban J connectivity index is 1.68. The van der Waals surface area contributed by atoms with Gasteiger partial charge >= 0.3 is 0 Å². The summed E-state index contributed by atoms with van der Waals surface area (Å²) in [6, 6.07) is 5.23. The highest BCUT2D eigenvalue weighted by Crippen LogP contribution is 2.32. The zero-order valence-corrected chi connectivity index (χ0v) is 14.2. The molecule has 1 aromatic carbocycles. The lowest BCUT2D eigenvalue weighted by Gasteiger charge is -2.24. The van der Waals surface area contributed by atoms with Crippen LogP contribution in [-0.4, -0.2) is 42.5 Å². The van der Waals surface area contributed by atoms with Gasteiger partial charge in [-0.1, -0.05) is 6.07 Å². The van der Waals surface area contributed by atoms with Crippen molar-refractivity contribution in [2.45, 2.75) is 45.2 Å². The van der Waals surface area contributed by atoms with Gasteiger partial charge in [-0.2, -0.15) is 0 Å². The summed E-state index contributed by atoms with van der Waals surface area (Å²) in [5, 5.41) is 3.02. The minimum absolute atomic E-state index is 0.0455. The van der Waals surface area contributed by atoms with Gasteiger partial charge in [-0.15, -0.1) is 0 Å². The lowest BCUT2D eigenvalue weighted by atomic mass is 10.1. The number of benzene rings is 1. The van der Waals surface area contributed by atoms with E-state index in [1.54, 1.807) is 4.90 Å².